The van der Waals surface area contributed by atoms with Gasteiger partial charge in [0.2, 0.25) is 0 Å². The fourth-order valence-electron chi connectivity index (χ4n) is 1.80. The Labute approximate surface area is 87.4 Å². The van der Waals surface area contributed by atoms with Crippen LogP contribution in [0.3, 0.4) is 0 Å². The summed E-state index contributed by atoms with van der Waals surface area (Å²) in [6.07, 6.45) is 2.68. The molecule has 0 radical (unpaired) electrons. The molecule has 82 valence electrons. The molecule has 1 saturated carbocycles. The number of nitrogens with two attached hydrogens (primary N) is 1. The van der Waals surface area contributed by atoms with Gasteiger partial charge in [-0.05, 0) is 48.9 Å². The normalized spacial score (nSPS) is 17.8. The molecular formula is C11H14F2N2. The second-order valence-corrected chi connectivity index (χ2v) is 4.05. The van der Waals surface area contributed by atoms with Crippen LogP contribution in [0.25, 0.3) is 0 Å². The minimum atomic E-state index is -0.405. The largest absolute Gasteiger partial charge is 0.271 e. The van der Waals surface area contributed by atoms with Gasteiger partial charge in [0.25, 0.3) is 0 Å². The molecule has 15 heavy (non-hydrogen) atoms. The van der Waals surface area contributed by atoms with Crippen LogP contribution < -0.4 is 11.3 Å². The molecule has 3 N–H and O–H groups in total. The molecule has 0 amide bonds. The predicted octanol–water partition coefficient (Wildman–Crippen LogP) is 1.75. The fraction of sp³-hybridized carbons (Fsp3) is 0.455. The fourth-order valence-corrected chi connectivity index (χ4v) is 1.80. The Morgan fingerprint density at radius 1 is 1.40 bits per heavy atom. The van der Waals surface area contributed by atoms with E-state index in [1.54, 1.807) is 0 Å². The summed E-state index contributed by atoms with van der Waals surface area (Å²) in [6, 6.07) is 3.58. The van der Waals surface area contributed by atoms with Crippen molar-refractivity contribution in [3.63, 3.8) is 0 Å². The van der Waals surface area contributed by atoms with Crippen LogP contribution in [0.4, 0.5) is 8.78 Å². The number of rotatable bonds is 4. The molecule has 0 spiro atoms. The van der Waals surface area contributed by atoms with E-state index >= 15 is 0 Å². The molecule has 0 heterocycles. The molecule has 1 unspecified atom stereocenters. The van der Waals surface area contributed by atoms with Gasteiger partial charge in [-0.2, -0.15) is 0 Å². The van der Waals surface area contributed by atoms with Crippen molar-refractivity contribution in [3.8, 4) is 0 Å². The Kier molecular flexibility index (Phi) is 2.98. The first-order valence-corrected chi connectivity index (χ1v) is 5.10. The van der Waals surface area contributed by atoms with Crippen molar-refractivity contribution >= 4 is 0 Å². The van der Waals surface area contributed by atoms with E-state index in [9.17, 15) is 8.78 Å². The van der Waals surface area contributed by atoms with E-state index in [1.807, 2.05) is 0 Å². The van der Waals surface area contributed by atoms with E-state index < -0.39 is 5.82 Å². The minimum Gasteiger partial charge on any atom is -0.271 e. The predicted molar refractivity (Wildman–Crippen MR) is 53.9 cm³/mol. The summed E-state index contributed by atoms with van der Waals surface area (Å²) in [4.78, 5) is 0. The van der Waals surface area contributed by atoms with Gasteiger partial charge < -0.3 is 0 Å². The summed E-state index contributed by atoms with van der Waals surface area (Å²) in [7, 11) is 0. The van der Waals surface area contributed by atoms with Gasteiger partial charge in [0.05, 0.1) is 0 Å². The van der Waals surface area contributed by atoms with Crippen molar-refractivity contribution in [1.29, 1.82) is 0 Å². The van der Waals surface area contributed by atoms with Crippen LogP contribution in [0.15, 0.2) is 18.2 Å². The second-order valence-electron chi connectivity index (χ2n) is 4.05. The standard InChI is InChI=1S/C11H14F2N2/c12-9-3-4-10(13)8(5-9)6-11(15-14)7-1-2-7/h3-5,7,11,15H,1-2,6,14H2. The first-order chi connectivity index (χ1) is 7.20. The number of hydrazine groups is 1. The van der Waals surface area contributed by atoms with Crippen molar-refractivity contribution < 1.29 is 8.78 Å². The lowest BCUT2D eigenvalue weighted by Gasteiger charge is -2.15. The van der Waals surface area contributed by atoms with Crippen molar-refractivity contribution in [2.45, 2.75) is 25.3 Å². The summed E-state index contributed by atoms with van der Waals surface area (Å²) in [5.74, 6) is 5.13. The molecule has 1 atom stereocenters. The zero-order valence-corrected chi connectivity index (χ0v) is 8.34. The molecule has 2 nitrogen and oxygen atoms in total. The molecule has 1 aromatic rings. The third-order valence-corrected chi connectivity index (χ3v) is 2.85. The number of hydrogen-bond donors (Lipinski definition) is 2. The highest BCUT2D eigenvalue weighted by Gasteiger charge is 2.30. The van der Waals surface area contributed by atoms with Crippen molar-refractivity contribution in [2.75, 3.05) is 0 Å². The number of halogens is 2. The molecule has 0 aromatic heterocycles. The second kappa shape index (κ2) is 4.24. The molecule has 0 aliphatic heterocycles. The van der Waals surface area contributed by atoms with E-state index in [1.165, 1.54) is 6.07 Å². The van der Waals surface area contributed by atoms with Crippen LogP contribution in [0.5, 0.6) is 0 Å². The highest BCUT2D eigenvalue weighted by Crippen LogP contribution is 2.34. The van der Waals surface area contributed by atoms with Crippen LogP contribution in [0.1, 0.15) is 18.4 Å². The monoisotopic (exact) mass is 212 g/mol. The molecule has 1 aliphatic rings. The van der Waals surface area contributed by atoms with Gasteiger partial charge in [-0.15, -0.1) is 0 Å². The zero-order valence-electron chi connectivity index (χ0n) is 8.34. The van der Waals surface area contributed by atoms with Gasteiger partial charge in [-0.1, -0.05) is 0 Å². The quantitative estimate of drug-likeness (QED) is 0.589. The first kappa shape index (κ1) is 10.5. The van der Waals surface area contributed by atoms with Crippen LogP contribution in [0, 0.1) is 17.6 Å². The van der Waals surface area contributed by atoms with Gasteiger partial charge >= 0.3 is 0 Å². The lowest BCUT2D eigenvalue weighted by atomic mass is 10.0. The van der Waals surface area contributed by atoms with Crippen molar-refractivity contribution in [1.82, 2.24) is 5.43 Å². The lowest BCUT2D eigenvalue weighted by molar-refractivity contribution is 0.460. The van der Waals surface area contributed by atoms with Crippen LogP contribution >= 0.6 is 0 Å². The third kappa shape index (κ3) is 2.52. The number of hydrogen-bond acceptors (Lipinski definition) is 2. The van der Waals surface area contributed by atoms with E-state index in [2.05, 4.69) is 5.43 Å². The number of benzene rings is 1. The van der Waals surface area contributed by atoms with E-state index in [0.717, 1.165) is 25.0 Å². The average molecular weight is 212 g/mol. The Balaban J connectivity index is 2.11. The first-order valence-electron chi connectivity index (χ1n) is 5.10. The maximum absolute atomic E-state index is 13.3. The molecule has 1 fully saturated rings. The van der Waals surface area contributed by atoms with Gasteiger partial charge in [-0.3, -0.25) is 11.3 Å². The summed E-state index contributed by atoms with van der Waals surface area (Å²) in [5, 5.41) is 0. The highest BCUT2D eigenvalue weighted by molar-refractivity contribution is 5.20. The molecule has 2 rings (SSSR count). The minimum absolute atomic E-state index is 0.0568. The molecule has 0 saturated heterocycles. The zero-order chi connectivity index (χ0) is 10.8. The molecular weight excluding hydrogens is 198 g/mol. The van der Waals surface area contributed by atoms with Crippen molar-refractivity contribution in [2.24, 2.45) is 11.8 Å². The maximum Gasteiger partial charge on any atom is 0.126 e. The van der Waals surface area contributed by atoms with Crippen LogP contribution in [-0.4, -0.2) is 6.04 Å². The maximum atomic E-state index is 13.3. The van der Waals surface area contributed by atoms with Crippen LogP contribution in [-0.2, 0) is 6.42 Å². The SMILES string of the molecule is NNC(Cc1cc(F)ccc1F)C1CC1. The van der Waals surface area contributed by atoms with Gasteiger partial charge in [-0.25, -0.2) is 8.78 Å². The van der Waals surface area contributed by atoms with Gasteiger partial charge in [0, 0.05) is 6.04 Å². The smallest absolute Gasteiger partial charge is 0.126 e. The summed E-state index contributed by atoms with van der Waals surface area (Å²) >= 11 is 0. The molecule has 4 heteroatoms. The Bertz CT molecular complexity index is 350. The molecule has 0 bridgehead atoms. The highest BCUT2D eigenvalue weighted by atomic mass is 19.1. The van der Waals surface area contributed by atoms with Gasteiger partial charge in [0.1, 0.15) is 11.6 Å². The topological polar surface area (TPSA) is 38.0 Å². The van der Waals surface area contributed by atoms with E-state index in [4.69, 9.17) is 5.84 Å². The van der Waals surface area contributed by atoms with E-state index in [-0.39, 0.29) is 11.9 Å². The Hall–Kier alpha value is -1.00. The summed E-state index contributed by atoms with van der Waals surface area (Å²) < 4.78 is 26.2. The molecule has 1 aromatic carbocycles. The van der Waals surface area contributed by atoms with Gasteiger partial charge in [0.15, 0.2) is 0 Å². The lowest BCUT2D eigenvalue weighted by Crippen LogP contribution is -2.38. The summed E-state index contributed by atoms with van der Waals surface area (Å²) in [5.41, 5.74) is 3.06. The molecule has 1 aliphatic carbocycles. The summed E-state index contributed by atoms with van der Waals surface area (Å²) in [6.45, 7) is 0. The Morgan fingerprint density at radius 2 is 2.13 bits per heavy atom. The van der Waals surface area contributed by atoms with E-state index in [0.29, 0.717) is 17.9 Å². The van der Waals surface area contributed by atoms with Crippen LogP contribution in [0.2, 0.25) is 0 Å². The Morgan fingerprint density at radius 3 is 2.73 bits per heavy atom. The van der Waals surface area contributed by atoms with Crippen molar-refractivity contribution in [3.05, 3.63) is 35.4 Å². The third-order valence-electron chi connectivity index (χ3n) is 2.85. The number of nitrogens with one attached hydrogen (secondary N) is 1. The average Bonchev–Trinajstić information content (AvgIpc) is 3.03.